The lowest BCUT2D eigenvalue weighted by Crippen LogP contribution is -2.30. The van der Waals surface area contributed by atoms with E-state index in [0.29, 0.717) is 19.3 Å². The maximum Gasteiger partial charge on any atom is 0.306 e. The molecular weight excluding hydrogens is 949 g/mol. The molecule has 1 unspecified atom stereocenters. The molecule has 0 aliphatic carbocycles. The van der Waals surface area contributed by atoms with E-state index in [1.165, 1.54) is 186 Å². The van der Waals surface area contributed by atoms with Crippen LogP contribution in [0.5, 0.6) is 0 Å². The third kappa shape index (κ3) is 63.3. The summed E-state index contributed by atoms with van der Waals surface area (Å²) in [6.45, 7) is 6.59. The number of hydrogen-bond acceptors (Lipinski definition) is 6. The molecule has 77 heavy (non-hydrogen) atoms. The van der Waals surface area contributed by atoms with Gasteiger partial charge in [-0.05, 0) is 116 Å². The molecule has 444 valence electrons. The Morgan fingerprint density at radius 3 is 0.779 bits per heavy atom. The van der Waals surface area contributed by atoms with Gasteiger partial charge in [-0.1, -0.05) is 279 Å². The molecule has 1 atom stereocenters. The van der Waals surface area contributed by atoms with Gasteiger partial charge in [-0.25, -0.2) is 0 Å². The van der Waals surface area contributed by atoms with Gasteiger partial charge in [0.25, 0.3) is 0 Å². The Kier molecular flexibility index (Phi) is 62.2. The number of unbranched alkanes of at least 4 members (excludes halogenated alkanes) is 35. The van der Waals surface area contributed by atoms with Crippen LogP contribution in [0.25, 0.3) is 0 Å². The number of ether oxygens (including phenoxy) is 3. The van der Waals surface area contributed by atoms with E-state index in [2.05, 4.69) is 106 Å². The van der Waals surface area contributed by atoms with E-state index in [-0.39, 0.29) is 31.1 Å². The molecule has 0 bridgehead atoms. The molecule has 6 heteroatoms. The van der Waals surface area contributed by atoms with Crippen LogP contribution in [-0.4, -0.2) is 37.2 Å². The molecule has 0 amide bonds. The van der Waals surface area contributed by atoms with E-state index in [4.69, 9.17) is 14.2 Å². The fourth-order valence-corrected chi connectivity index (χ4v) is 9.32. The highest BCUT2D eigenvalue weighted by Gasteiger charge is 2.19. The molecule has 0 aliphatic heterocycles. The maximum absolute atomic E-state index is 12.9. The van der Waals surface area contributed by atoms with Crippen LogP contribution >= 0.6 is 0 Å². The Labute approximate surface area is 477 Å². The lowest BCUT2D eigenvalue weighted by molar-refractivity contribution is -0.167. The zero-order valence-corrected chi connectivity index (χ0v) is 51.0. The van der Waals surface area contributed by atoms with Crippen molar-refractivity contribution in [3.05, 3.63) is 85.1 Å². The van der Waals surface area contributed by atoms with Crippen LogP contribution in [0.1, 0.15) is 329 Å². The van der Waals surface area contributed by atoms with Crippen molar-refractivity contribution in [3.8, 4) is 0 Å². The van der Waals surface area contributed by atoms with Gasteiger partial charge in [0.2, 0.25) is 0 Å². The molecule has 0 aromatic carbocycles. The highest BCUT2D eigenvalue weighted by atomic mass is 16.6. The number of allylic oxidation sites excluding steroid dienone is 14. The standard InChI is InChI=1S/C71H124O6/c1-4-7-10-13-16-19-22-24-26-28-30-32-33-34-35-36-37-39-40-42-44-46-49-52-55-58-61-64-70(73)76-67-68(66-75-69(72)63-60-57-54-51-48-21-18-15-12-9-6-3)77-71(74)65-62-59-56-53-50-47-45-43-41-38-31-29-27-25-23-20-17-14-11-8-5-2/h15,18,22-25,28-31,33-34,41,43,68H,4-14,16-17,19-21,26-27,32,35-40,42,44-67H2,1-3H3/b18-15-,24-22-,25-23-,30-28-,31-29-,34-33-,43-41-. The third-order valence-corrected chi connectivity index (χ3v) is 14.3. The van der Waals surface area contributed by atoms with Crippen molar-refractivity contribution in [2.75, 3.05) is 13.2 Å². The summed E-state index contributed by atoms with van der Waals surface area (Å²) in [6.07, 6.45) is 86.0. The minimum atomic E-state index is -0.789. The predicted octanol–water partition coefficient (Wildman–Crippen LogP) is 22.7. The van der Waals surface area contributed by atoms with Gasteiger partial charge >= 0.3 is 17.9 Å². The number of esters is 3. The van der Waals surface area contributed by atoms with Crippen molar-refractivity contribution in [2.45, 2.75) is 335 Å². The first kappa shape index (κ1) is 73.6. The quantitative estimate of drug-likeness (QED) is 0.0261. The Morgan fingerprint density at radius 1 is 0.260 bits per heavy atom. The molecule has 6 nitrogen and oxygen atoms in total. The highest BCUT2D eigenvalue weighted by Crippen LogP contribution is 2.16. The van der Waals surface area contributed by atoms with Crippen LogP contribution in [-0.2, 0) is 28.6 Å². The molecule has 0 aromatic rings. The van der Waals surface area contributed by atoms with Crippen LogP contribution in [0, 0.1) is 0 Å². The van der Waals surface area contributed by atoms with Crippen molar-refractivity contribution in [1.82, 2.24) is 0 Å². The summed E-state index contributed by atoms with van der Waals surface area (Å²) < 4.78 is 16.9. The van der Waals surface area contributed by atoms with Crippen LogP contribution in [0.2, 0.25) is 0 Å². The van der Waals surface area contributed by atoms with Crippen LogP contribution < -0.4 is 0 Å². The lowest BCUT2D eigenvalue weighted by Gasteiger charge is -2.18. The van der Waals surface area contributed by atoms with Gasteiger partial charge < -0.3 is 14.2 Å². The van der Waals surface area contributed by atoms with Crippen molar-refractivity contribution >= 4 is 17.9 Å². The topological polar surface area (TPSA) is 78.9 Å². The van der Waals surface area contributed by atoms with Gasteiger partial charge in [0.05, 0.1) is 0 Å². The molecule has 0 spiro atoms. The normalized spacial score (nSPS) is 12.6. The summed E-state index contributed by atoms with van der Waals surface area (Å²) in [5.41, 5.74) is 0. The largest absolute Gasteiger partial charge is 0.462 e. The fourth-order valence-electron chi connectivity index (χ4n) is 9.32. The van der Waals surface area contributed by atoms with Gasteiger partial charge in [0, 0.05) is 19.3 Å². The second-order valence-electron chi connectivity index (χ2n) is 22.0. The Bertz CT molecular complexity index is 1470. The number of carbonyl (C=O) groups is 3. The second kappa shape index (κ2) is 65.1. The van der Waals surface area contributed by atoms with Crippen molar-refractivity contribution in [3.63, 3.8) is 0 Å². The zero-order chi connectivity index (χ0) is 55.7. The second-order valence-corrected chi connectivity index (χ2v) is 22.0. The first-order valence-corrected chi connectivity index (χ1v) is 33.1. The van der Waals surface area contributed by atoms with Crippen molar-refractivity contribution < 1.29 is 28.6 Å². The number of hydrogen-bond donors (Lipinski definition) is 0. The van der Waals surface area contributed by atoms with E-state index in [0.717, 1.165) is 103 Å². The van der Waals surface area contributed by atoms with E-state index in [1.54, 1.807) is 0 Å². The summed E-state index contributed by atoms with van der Waals surface area (Å²) in [7, 11) is 0. The Morgan fingerprint density at radius 2 is 0.481 bits per heavy atom. The average molecular weight is 1070 g/mol. The van der Waals surface area contributed by atoms with E-state index >= 15 is 0 Å². The van der Waals surface area contributed by atoms with Gasteiger partial charge in [0.15, 0.2) is 6.10 Å². The summed E-state index contributed by atoms with van der Waals surface area (Å²) in [5, 5.41) is 0. The van der Waals surface area contributed by atoms with Crippen LogP contribution in [0.4, 0.5) is 0 Å². The molecular formula is C71H124O6. The molecule has 0 aromatic heterocycles. The van der Waals surface area contributed by atoms with Gasteiger partial charge in [-0.2, -0.15) is 0 Å². The van der Waals surface area contributed by atoms with Crippen molar-refractivity contribution in [1.29, 1.82) is 0 Å². The summed E-state index contributed by atoms with van der Waals surface area (Å²) in [5.74, 6) is -0.898. The number of rotatable bonds is 60. The SMILES string of the molecule is CCCC/C=C\CCCCCCCC(=O)OCC(COC(=O)CCCCCCCCCCCCCC/C=C\C/C=C\C/C=C\CCCCCCC)OC(=O)CCCCCCCC/C=C\C/C=C\C/C=C\CCCCCCC. The van der Waals surface area contributed by atoms with Crippen LogP contribution in [0.3, 0.4) is 0 Å². The predicted molar refractivity (Wildman–Crippen MR) is 334 cm³/mol. The van der Waals surface area contributed by atoms with Crippen LogP contribution in [0.15, 0.2) is 85.1 Å². The summed E-state index contributed by atoms with van der Waals surface area (Å²) in [6, 6.07) is 0. The average Bonchev–Trinajstić information content (AvgIpc) is 3.43. The monoisotopic (exact) mass is 1070 g/mol. The van der Waals surface area contributed by atoms with Crippen molar-refractivity contribution in [2.24, 2.45) is 0 Å². The van der Waals surface area contributed by atoms with E-state index in [9.17, 15) is 14.4 Å². The fraction of sp³-hybridized carbons (Fsp3) is 0.761. The summed E-state index contributed by atoms with van der Waals surface area (Å²) in [4.78, 5) is 38.3. The van der Waals surface area contributed by atoms with E-state index in [1.807, 2.05) is 0 Å². The first-order chi connectivity index (χ1) is 38.0. The first-order valence-electron chi connectivity index (χ1n) is 33.1. The van der Waals surface area contributed by atoms with Gasteiger partial charge in [-0.15, -0.1) is 0 Å². The zero-order valence-electron chi connectivity index (χ0n) is 51.0. The maximum atomic E-state index is 12.9. The Balaban J connectivity index is 4.27. The smallest absolute Gasteiger partial charge is 0.306 e. The Hall–Kier alpha value is -3.41. The lowest BCUT2D eigenvalue weighted by atomic mass is 10.0. The number of carbonyl (C=O) groups excluding carboxylic acids is 3. The molecule has 0 N–H and O–H groups in total. The molecule has 0 saturated carbocycles. The van der Waals surface area contributed by atoms with E-state index < -0.39 is 6.10 Å². The molecule has 0 saturated heterocycles. The molecule has 0 rings (SSSR count). The summed E-state index contributed by atoms with van der Waals surface area (Å²) >= 11 is 0. The van der Waals surface area contributed by atoms with Gasteiger partial charge in [-0.3, -0.25) is 14.4 Å². The molecule has 0 radical (unpaired) electrons. The third-order valence-electron chi connectivity index (χ3n) is 14.3. The molecule has 0 fully saturated rings. The van der Waals surface area contributed by atoms with Gasteiger partial charge in [0.1, 0.15) is 13.2 Å². The minimum Gasteiger partial charge on any atom is -0.462 e. The highest BCUT2D eigenvalue weighted by molar-refractivity contribution is 5.71. The molecule has 0 aliphatic rings. The molecule has 0 heterocycles. The minimum absolute atomic E-state index is 0.0845.